The fraction of sp³-hybridized carbons (Fsp3) is 0.238. The average molecular weight is 366 g/mol. The summed E-state index contributed by atoms with van der Waals surface area (Å²) in [6.45, 7) is 2.02. The zero-order chi connectivity index (χ0) is 19.2. The smallest absolute Gasteiger partial charge is 0.293 e. The van der Waals surface area contributed by atoms with E-state index in [1.54, 1.807) is 37.4 Å². The van der Waals surface area contributed by atoms with Crippen molar-refractivity contribution in [1.82, 2.24) is 0 Å². The van der Waals surface area contributed by atoms with Crippen molar-refractivity contribution in [2.24, 2.45) is 0 Å². The molecule has 0 spiro atoms. The molecule has 140 valence electrons. The van der Waals surface area contributed by atoms with Gasteiger partial charge in [-0.2, -0.15) is 0 Å². The van der Waals surface area contributed by atoms with E-state index < -0.39 is 5.91 Å². The number of amides is 2. The van der Waals surface area contributed by atoms with Gasteiger partial charge in [0.25, 0.3) is 5.91 Å². The van der Waals surface area contributed by atoms with Gasteiger partial charge in [-0.1, -0.05) is 31.5 Å². The summed E-state index contributed by atoms with van der Waals surface area (Å²) in [5.74, 6) is 0.124. The molecule has 0 saturated heterocycles. The van der Waals surface area contributed by atoms with Crippen molar-refractivity contribution >= 4 is 34.2 Å². The molecule has 0 fully saturated rings. The molecular weight excluding hydrogens is 344 g/mol. The van der Waals surface area contributed by atoms with E-state index in [9.17, 15) is 9.59 Å². The summed E-state index contributed by atoms with van der Waals surface area (Å²) in [7, 11) is 1.56. The molecule has 1 aromatic heterocycles. The number of hydrogen-bond acceptors (Lipinski definition) is 4. The fourth-order valence-electron chi connectivity index (χ4n) is 2.76. The van der Waals surface area contributed by atoms with Gasteiger partial charge in [-0.05, 0) is 30.7 Å². The Kier molecular flexibility index (Phi) is 5.76. The maximum atomic E-state index is 12.8. The number of furan rings is 1. The molecule has 3 aromatic rings. The van der Waals surface area contributed by atoms with Gasteiger partial charge in [0.1, 0.15) is 17.0 Å². The number of benzene rings is 2. The molecule has 1 heterocycles. The van der Waals surface area contributed by atoms with Crippen molar-refractivity contribution in [1.29, 1.82) is 0 Å². The van der Waals surface area contributed by atoms with Gasteiger partial charge < -0.3 is 19.8 Å². The highest BCUT2D eigenvalue weighted by molar-refractivity contribution is 6.14. The summed E-state index contributed by atoms with van der Waals surface area (Å²) < 4.78 is 10.9. The molecule has 0 radical (unpaired) electrons. The summed E-state index contributed by atoms with van der Waals surface area (Å²) in [6, 6.07) is 14.3. The number of rotatable bonds is 7. The van der Waals surface area contributed by atoms with Gasteiger partial charge in [-0.25, -0.2) is 0 Å². The number of ether oxygens (including phenoxy) is 1. The van der Waals surface area contributed by atoms with E-state index in [1.807, 2.05) is 25.1 Å². The van der Waals surface area contributed by atoms with Crippen molar-refractivity contribution in [2.75, 3.05) is 17.7 Å². The maximum Gasteiger partial charge on any atom is 0.293 e. The first-order chi connectivity index (χ1) is 13.1. The lowest BCUT2D eigenvalue weighted by Gasteiger charge is -2.08. The van der Waals surface area contributed by atoms with E-state index in [4.69, 9.17) is 9.15 Å². The number of anilines is 2. The normalized spacial score (nSPS) is 10.6. The molecule has 2 N–H and O–H groups in total. The highest BCUT2D eigenvalue weighted by Crippen LogP contribution is 2.32. The molecule has 0 bridgehead atoms. The number of carbonyl (C=O) groups is 2. The number of nitrogens with one attached hydrogen (secondary N) is 2. The summed E-state index contributed by atoms with van der Waals surface area (Å²) >= 11 is 0. The third-order valence-electron chi connectivity index (χ3n) is 4.15. The van der Waals surface area contributed by atoms with E-state index >= 15 is 0 Å². The summed E-state index contributed by atoms with van der Waals surface area (Å²) in [4.78, 5) is 25.0. The molecule has 0 aliphatic heterocycles. The third kappa shape index (κ3) is 4.28. The van der Waals surface area contributed by atoms with Crippen LogP contribution < -0.4 is 15.4 Å². The van der Waals surface area contributed by atoms with Crippen LogP contribution in [-0.4, -0.2) is 18.9 Å². The largest absolute Gasteiger partial charge is 0.497 e. The first-order valence-electron chi connectivity index (χ1n) is 8.89. The lowest BCUT2D eigenvalue weighted by atomic mass is 10.2. The van der Waals surface area contributed by atoms with Gasteiger partial charge in [0.15, 0.2) is 0 Å². The maximum absolute atomic E-state index is 12.8. The molecule has 2 amide bonds. The summed E-state index contributed by atoms with van der Waals surface area (Å²) in [5.41, 5.74) is 1.51. The zero-order valence-electron chi connectivity index (χ0n) is 15.4. The van der Waals surface area contributed by atoms with Crippen molar-refractivity contribution in [2.45, 2.75) is 26.2 Å². The van der Waals surface area contributed by atoms with Gasteiger partial charge in [0.05, 0.1) is 7.11 Å². The Morgan fingerprint density at radius 2 is 1.89 bits per heavy atom. The van der Waals surface area contributed by atoms with Crippen molar-refractivity contribution in [3.8, 4) is 5.75 Å². The van der Waals surface area contributed by atoms with E-state index in [1.165, 1.54) is 0 Å². The molecule has 27 heavy (non-hydrogen) atoms. The quantitative estimate of drug-likeness (QED) is 0.628. The van der Waals surface area contributed by atoms with Crippen LogP contribution in [0.15, 0.2) is 52.9 Å². The van der Waals surface area contributed by atoms with Gasteiger partial charge in [-0.15, -0.1) is 0 Å². The lowest BCUT2D eigenvalue weighted by molar-refractivity contribution is -0.116. The number of hydrogen-bond donors (Lipinski definition) is 2. The second-order valence-corrected chi connectivity index (χ2v) is 6.14. The van der Waals surface area contributed by atoms with E-state index in [-0.39, 0.29) is 11.7 Å². The molecule has 3 rings (SSSR count). The number of unbranched alkanes of at least 4 members (excludes halogenated alkanes) is 1. The second kappa shape index (κ2) is 8.40. The number of fused-ring (bicyclic) bond motifs is 1. The molecule has 0 aliphatic rings. The van der Waals surface area contributed by atoms with Gasteiger partial charge in [0, 0.05) is 23.6 Å². The van der Waals surface area contributed by atoms with Crippen LogP contribution in [0.25, 0.3) is 11.0 Å². The van der Waals surface area contributed by atoms with Crippen LogP contribution in [0.2, 0.25) is 0 Å². The minimum Gasteiger partial charge on any atom is -0.497 e. The van der Waals surface area contributed by atoms with Crippen LogP contribution in [0.1, 0.15) is 36.7 Å². The minimum atomic E-state index is -0.440. The van der Waals surface area contributed by atoms with Crippen LogP contribution in [0.4, 0.5) is 11.4 Å². The van der Waals surface area contributed by atoms with Crippen LogP contribution in [0.5, 0.6) is 5.75 Å². The molecular formula is C21H22N2O4. The van der Waals surface area contributed by atoms with E-state index in [0.717, 1.165) is 12.8 Å². The molecule has 6 heteroatoms. The Morgan fingerprint density at radius 1 is 1.07 bits per heavy atom. The molecule has 0 atom stereocenters. The van der Waals surface area contributed by atoms with Crippen molar-refractivity contribution in [3.63, 3.8) is 0 Å². The molecule has 0 aliphatic carbocycles. The summed E-state index contributed by atoms with van der Waals surface area (Å²) in [6.07, 6.45) is 2.10. The van der Waals surface area contributed by atoms with Crippen LogP contribution in [-0.2, 0) is 4.79 Å². The SMILES string of the molecule is CCCCC(=O)Nc1c(C(=O)Nc2cccc(OC)c2)oc2ccccc12. The first-order valence-corrected chi connectivity index (χ1v) is 8.89. The topological polar surface area (TPSA) is 80.6 Å². The Bertz CT molecular complexity index is 962. The van der Waals surface area contributed by atoms with Crippen LogP contribution in [0, 0.1) is 0 Å². The minimum absolute atomic E-state index is 0.0730. The van der Waals surface area contributed by atoms with Crippen LogP contribution >= 0.6 is 0 Å². The van der Waals surface area contributed by atoms with Gasteiger partial charge in [-0.3, -0.25) is 9.59 Å². The highest BCUT2D eigenvalue weighted by Gasteiger charge is 2.22. The van der Waals surface area contributed by atoms with Gasteiger partial charge >= 0.3 is 0 Å². The highest BCUT2D eigenvalue weighted by atomic mass is 16.5. The monoisotopic (exact) mass is 366 g/mol. The Morgan fingerprint density at radius 3 is 2.67 bits per heavy atom. The molecule has 6 nitrogen and oxygen atoms in total. The summed E-state index contributed by atoms with van der Waals surface area (Å²) in [5, 5.41) is 6.32. The standard InChI is InChI=1S/C21H22N2O4/c1-3-4-12-18(24)23-19-16-10-5-6-11-17(16)27-20(19)21(25)22-14-8-7-9-15(13-14)26-2/h5-11,13H,3-4,12H2,1-2H3,(H,22,25)(H,23,24). The zero-order valence-corrected chi connectivity index (χ0v) is 15.4. The lowest BCUT2D eigenvalue weighted by Crippen LogP contribution is -2.16. The Labute approximate surface area is 157 Å². The van der Waals surface area contributed by atoms with Crippen molar-refractivity contribution in [3.05, 3.63) is 54.3 Å². The van der Waals surface area contributed by atoms with Gasteiger partial charge in [0.2, 0.25) is 11.7 Å². The number of carbonyl (C=O) groups excluding carboxylic acids is 2. The third-order valence-corrected chi connectivity index (χ3v) is 4.15. The Hall–Kier alpha value is -3.28. The number of para-hydroxylation sites is 1. The predicted octanol–water partition coefficient (Wildman–Crippen LogP) is 4.82. The Balaban J connectivity index is 1.91. The second-order valence-electron chi connectivity index (χ2n) is 6.14. The van der Waals surface area contributed by atoms with E-state index in [2.05, 4.69) is 10.6 Å². The molecule has 2 aromatic carbocycles. The first kappa shape index (κ1) is 18.5. The van der Waals surface area contributed by atoms with E-state index in [0.29, 0.717) is 34.5 Å². The predicted molar refractivity (Wildman–Crippen MR) is 105 cm³/mol. The van der Waals surface area contributed by atoms with Crippen molar-refractivity contribution < 1.29 is 18.7 Å². The molecule has 0 saturated carbocycles. The number of methoxy groups -OCH3 is 1. The molecule has 0 unspecified atom stereocenters. The fourth-order valence-corrected chi connectivity index (χ4v) is 2.76. The average Bonchev–Trinajstić information content (AvgIpc) is 3.05. The van der Waals surface area contributed by atoms with Crippen LogP contribution in [0.3, 0.4) is 0 Å².